The van der Waals surface area contributed by atoms with E-state index < -0.39 is 0 Å². The number of hydrogen-bond acceptors (Lipinski definition) is 6. The first-order chi connectivity index (χ1) is 8.41. The lowest BCUT2D eigenvalue weighted by Gasteiger charge is -2.02. The Hall–Kier alpha value is 2.10. The van der Waals surface area contributed by atoms with E-state index in [-0.39, 0.29) is 0 Å². The monoisotopic (exact) mass is 348 g/mol. The predicted molar refractivity (Wildman–Crippen MR) is 101 cm³/mol. The first-order valence-electron chi connectivity index (χ1n) is 5.70. The van der Waals surface area contributed by atoms with Gasteiger partial charge in [-0.25, -0.2) is 0 Å². The van der Waals surface area contributed by atoms with Crippen LogP contribution in [0, 0.1) is 0 Å². The van der Waals surface area contributed by atoms with Crippen LogP contribution in [0.15, 0.2) is 0 Å². The molecular formula is C11H24S6. The third-order valence-electron chi connectivity index (χ3n) is 1.75. The van der Waals surface area contributed by atoms with Gasteiger partial charge >= 0.3 is 0 Å². The number of hydrogen-bond donors (Lipinski definition) is 0. The van der Waals surface area contributed by atoms with Gasteiger partial charge < -0.3 is 0 Å². The zero-order valence-corrected chi connectivity index (χ0v) is 15.7. The lowest BCUT2D eigenvalue weighted by atomic mass is 10.6. The van der Waals surface area contributed by atoms with E-state index in [1.54, 1.807) is 0 Å². The van der Waals surface area contributed by atoms with Gasteiger partial charge in [-0.3, -0.25) is 0 Å². The van der Waals surface area contributed by atoms with Crippen LogP contribution in [0.25, 0.3) is 0 Å². The average molecular weight is 349 g/mol. The first-order valence-corrected chi connectivity index (χ1v) is 13.1. The predicted octanol–water partition coefficient (Wildman–Crippen LogP) is 5.30. The van der Waals surface area contributed by atoms with E-state index in [1.807, 2.05) is 35.3 Å². The molecule has 0 N–H and O–H groups in total. The van der Waals surface area contributed by atoms with Gasteiger partial charge in [0.1, 0.15) is 0 Å². The molecule has 0 spiro atoms. The smallest absolute Gasteiger partial charge is 0.0400 e. The van der Waals surface area contributed by atoms with Crippen LogP contribution in [0.1, 0.15) is 12.8 Å². The van der Waals surface area contributed by atoms with Gasteiger partial charge in [-0.05, 0) is 48.4 Å². The highest BCUT2D eigenvalue weighted by Crippen LogP contribution is 2.19. The van der Waals surface area contributed by atoms with Crippen molar-refractivity contribution in [3.05, 3.63) is 0 Å². The highest BCUT2D eigenvalue weighted by Gasteiger charge is 1.93. The molecule has 0 aromatic rings. The molecule has 0 nitrogen and oxygen atoms in total. The van der Waals surface area contributed by atoms with Crippen LogP contribution >= 0.6 is 70.6 Å². The van der Waals surface area contributed by atoms with Crippen LogP contribution in [0.5, 0.6) is 0 Å². The Morgan fingerprint density at radius 3 is 1.59 bits per heavy atom. The lowest BCUT2D eigenvalue weighted by Crippen LogP contribution is -1.87. The van der Waals surface area contributed by atoms with Crippen molar-refractivity contribution in [2.45, 2.75) is 12.8 Å². The second kappa shape index (κ2) is 18.1. The van der Waals surface area contributed by atoms with Crippen molar-refractivity contribution in [2.75, 3.05) is 50.8 Å². The van der Waals surface area contributed by atoms with Crippen molar-refractivity contribution in [2.24, 2.45) is 0 Å². The van der Waals surface area contributed by atoms with Gasteiger partial charge in [0.2, 0.25) is 0 Å². The summed E-state index contributed by atoms with van der Waals surface area (Å²) < 4.78 is 0. The minimum absolute atomic E-state index is 1.24. The molecule has 0 saturated heterocycles. The molecule has 104 valence electrons. The molecule has 0 saturated carbocycles. The van der Waals surface area contributed by atoms with Crippen molar-refractivity contribution in [1.29, 1.82) is 0 Å². The third kappa shape index (κ3) is 18.1. The molecule has 0 aromatic heterocycles. The molecule has 0 rings (SSSR count). The largest absolute Gasteiger partial charge is 0.165 e. The van der Waals surface area contributed by atoms with Crippen LogP contribution in [-0.4, -0.2) is 50.8 Å². The number of rotatable bonds is 14. The highest BCUT2D eigenvalue weighted by atomic mass is 32.2. The summed E-state index contributed by atoms with van der Waals surface area (Å²) in [6.07, 6.45) is 7.11. The van der Waals surface area contributed by atoms with E-state index in [0.717, 1.165) is 0 Å². The van der Waals surface area contributed by atoms with Crippen molar-refractivity contribution in [3.63, 3.8) is 0 Å². The van der Waals surface area contributed by atoms with Gasteiger partial charge in [-0.15, -0.1) is 11.8 Å². The molecule has 0 aliphatic heterocycles. The standard InChI is InChI=1S/C11H24S6/c1-12-5-3-6-14-10-15-7-4-8-16-11-17-9-13-2/h3-11H2,1-2H3. The Bertz CT molecular complexity index is 119. The topological polar surface area (TPSA) is 0 Å². The van der Waals surface area contributed by atoms with Crippen molar-refractivity contribution in [3.8, 4) is 0 Å². The molecule has 0 amide bonds. The lowest BCUT2D eigenvalue weighted by molar-refractivity contribution is 1.12. The van der Waals surface area contributed by atoms with Crippen LogP contribution in [0.3, 0.4) is 0 Å². The van der Waals surface area contributed by atoms with Gasteiger partial charge in [-0.1, -0.05) is 0 Å². The summed E-state index contributed by atoms with van der Waals surface area (Å²) in [5.41, 5.74) is 0. The molecule has 17 heavy (non-hydrogen) atoms. The Labute approximate surface area is 133 Å². The molecule has 0 aliphatic rings. The summed E-state index contributed by atoms with van der Waals surface area (Å²) in [4.78, 5) is 0. The SMILES string of the molecule is CSCCCSCSCCCSCSCSC. The molecule has 0 bridgehead atoms. The maximum atomic E-state index is 2.19. The Morgan fingerprint density at radius 1 is 0.529 bits per heavy atom. The second-order valence-electron chi connectivity index (χ2n) is 3.27. The molecular weight excluding hydrogens is 325 g/mol. The Kier molecular flexibility index (Phi) is 20.3. The van der Waals surface area contributed by atoms with Crippen LogP contribution in [0.2, 0.25) is 0 Å². The Balaban J connectivity index is 2.85. The zero-order chi connectivity index (χ0) is 12.6. The fraction of sp³-hybridized carbons (Fsp3) is 1.00. The summed E-state index contributed by atoms with van der Waals surface area (Å²) in [7, 11) is 0. The van der Waals surface area contributed by atoms with E-state index in [1.165, 1.54) is 51.1 Å². The fourth-order valence-corrected chi connectivity index (χ4v) is 6.73. The molecule has 0 fully saturated rings. The van der Waals surface area contributed by atoms with Crippen molar-refractivity contribution < 1.29 is 0 Å². The van der Waals surface area contributed by atoms with Gasteiger partial charge in [0.05, 0.1) is 0 Å². The molecule has 0 radical (unpaired) electrons. The molecule has 0 heterocycles. The van der Waals surface area contributed by atoms with E-state index in [0.29, 0.717) is 0 Å². The van der Waals surface area contributed by atoms with E-state index in [2.05, 4.69) is 47.8 Å². The molecule has 0 aliphatic carbocycles. The zero-order valence-electron chi connectivity index (χ0n) is 10.8. The Morgan fingerprint density at radius 2 is 1.06 bits per heavy atom. The maximum Gasteiger partial charge on any atom is 0.0400 e. The molecule has 0 unspecified atom stereocenters. The second-order valence-corrected chi connectivity index (χ2v) is 10.5. The summed E-state index contributed by atoms with van der Waals surface area (Å²) in [5.74, 6) is 5.34. The summed E-state index contributed by atoms with van der Waals surface area (Å²) in [6, 6.07) is 0. The molecule has 0 aromatic carbocycles. The average Bonchev–Trinajstić information content (AvgIpc) is 2.35. The van der Waals surface area contributed by atoms with Gasteiger partial charge in [-0.2, -0.15) is 58.8 Å². The number of thioether (sulfide) groups is 6. The normalized spacial score (nSPS) is 10.9. The van der Waals surface area contributed by atoms with Crippen molar-refractivity contribution in [1.82, 2.24) is 0 Å². The molecule has 0 atom stereocenters. The van der Waals surface area contributed by atoms with Gasteiger partial charge in [0, 0.05) is 15.3 Å². The van der Waals surface area contributed by atoms with Crippen molar-refractivity contribution >= 4 is 70.6 Å². The first kappa shape index (κ1) is 19.1. The van der Waals surface area contributed by atoms with Crippen LogP contribution in [0.4, 0.5) is 0 Å². The van der Waals surface area contributed by atoms with Crippen LogP contribution < -0.4 is 0 Å². The van der Waals surface area contributed by atoms with Crippen LogP contribution in [-0.2, 0) is 0 Å². The highest BCUT2D eigenvalue weighted by molar-refractivity contribution is 8.22. The minimum atomic E-state index is 1.24. The minimum Gasteiger partial charge on any atom is -0.165 e. The van der Waals surface area contributed by atoms with E-state index in [9.17, 15) is 0 Å². The quantitative estimate of drug-likeness (QED) is 0.306. The van der Waals surface area contributed by atoms with Gasteiger partial charge in [0.25, 0.3) is 0 Å². The van der Waals surface area contributed by atoms with Gasteiger partial charge in [0.15, 0.2) is 0 Å². The maximum absolute atomic E-state index is 2.19. The summed E-state index contributed by atoms with van der Waals surface area (Å²) >= 11 is 12.2. The summed E-state index contributed by atoms with van der Waals surface area (Å²) in [5, 5.41) is 3.81. The van der Waals surface area contributed by atoms with E-state index >= 15 is 0 Å². The molecule has 6 heteroatoms. The summed E-state index contributed by atoms with van der Waals surface area (Å²) in [6.45, 7) is 0. The third-order valence-corrected chi connectivity index (χ3v) is 8.45. The fourth-order valence-electron chi connectivity index (χ4n) is 0.980. The van der Waals surface area contributed by atoms with E-state index in [4.69, 9.17) is 0 Å².